The molecule has 0 bridgehead atoms. The standard InChI is InChI=1S/C16H15BrFN3/c1-9(2)16-20-13-8-11(19)4-6-14(13)21(16)15-7-10(17)3-5-12(15)18/h3-9H,19H2,1-2H3. The molecule has 21 heavy (non-hydrogen) atoms. The van der Waals surface area contributed by atoms with Gasteiger partial charge in [-0.2, -0.15) is 0 Å². The first kappa shape index (κ1) is 14.1. The third-order valence-corrected chi connectivity index (χ3v) is 3.86. The number of nitrogen functional groups attached to an aromatic ring is 1. The van der Waals surface area contributed by atoms with E-state index in [1.165, 1.54) is 6.07 Å². The number of aromatic nitrogens is 2. The van der Waals surface area contributed by atoms with Crippen molar-refractivity contribution in [3.8, 4) is 5.69 Å². The van der Waals surface area contributed by atoms with E-state index in [0.717, 1.165) is 21.3 Å². The Morgan fingerprint density at radius 3 is 2.67 bits per heavy atom. The fraction of sp³-hybridized carbons (Fsp3) is 0.188. The molecule has 0 saturated carbocycles. The maximum atomic E-state index is 14.3. The molecule has 2 aromatic carbocycles. The molecular weight excluding hydrogens is 333 g/mol. The van der Waals surface area contributed by atoms with Gasteiger partial charge in [-0.25, -0.2) is 9.37 Å². The van der Waals surface area contributed by atoms with E-state index in [2.05, 4.69) is 20.9 Å². The predicted molar refractivity (Wildman–Crippen MR) is 87.2 cm³/mol. The van der Waals surface area contributed by atoms with E-state index in [4.69, 9.17) is 5.73 Å². The Balaban J connectivity index is 2.39. The summed E-state index contributed by atoms with van der Waals surface area (Å²) in [6.45, 7) is 4.08. The second-order valence-electron chi connectivity index (χ2n) is 5.30. The molecule has 1 heterocycles. The number of nitrogens with two attached hydrogens (primary N) is 1. The van der Waals surface area contributed by atoms with Crippen molar-refractivity contribution in [3.05, 3.63) is 52.5 Å². The van der Waals surface area contributed by atoms with Crippen LogP contribution in [0.1, 0.15) is 25.6 Å². The third-order valence-electron chi connectivity index (χ3n) is 3.37. The minimum atomic E-state index is -0.281. The number of anilines is 1. The monoisotopic (exact) mass is 347 g/mol. The highest BCUT2D eigenvalue weighted by molar-refractivity contribution is 9.10. The minimum Gasteiger partial charge on any atom is -0.399 e. The zero-order chi connectivity index (χ0) is 15.1. The van der Waals surface area contributed by atoms with Crippen molar-refractivity contribution in [1.29, 1.82) is 0 Å². The molecule has 0 amide bonds. The summed E-state index contributed by atoms with van der Waals surface area (Å²) in [6, 6.07) is 10.4. The summed E-state index contributed by atoms with van der Waals surface area (Å²) in [5.74, 6) is 0.695. The van der Waals surface area contributed by atoms with Crippen LogP contribution < -0.4 is 5.73 Å². The Morgan fingerprint density at radius 2 is 1.95 bits per heavy atom. The molecule has 2 N–H and O–H groups in total. The molecule has 0 unspecified atom stereocenters. The van der Waals surface area contributed by atoms with Gasteiger partial charge in [0.05, 0.1) is 16.7 Å². The number of halogens is 2. The average molecular weight is 348 g/mol. The number of hydrogen-bond acceptors (Lipinski definition) is 2. The van der Waals surface area contributed by atoms with Gasteiger partial charge < -0.3 is 5.73 Å². The zero-order valence-corrected chi connectivity index (χ0v) is 13.4. The molecule has 5 heteroatoms. The Kier molecular flexibility index (Phi) is 3.45. The van der Waals surface area contributed by atoms with Gasteiger partial charge in [0, 0.05) is 16.1 Å². The first-order chi connectivity index (χ1) is 9.97. The largest absolute Gasteiger partial charge is 0.399 e. The van der Waals surface area contributed by atoms with Gasteiger partial charge >= 0.3 is 0 Å². The molecule has 0 saturated heterocycles. The van der Waals surface area contributed by atoms with Crippen molar-refractivity contribution in [2.45, 2.75) is 19.8 Å². The van der Waals surface area contributed by atoms with Crippen molar-refractivity contribution in [3.63, 3.8) is 0 Å². The van der Waals surface area contributed by atoms with Crippen molar-refractivity contribution in [2.75, 3.05) is 5.73 Å². The van der Waals surface area contributed by atoms with Crippen molar-refractivity contribution < 1.29 is 4.39 Å². The fourth-order valence-corrected chi connectivity index (χ4v) is 2.76. The quantitative estimate of drug-likeness (QED) is 0.686. The molecule has 0 atom stereocenters. The zero-order valence-electron chi connectivity index (χ0n) is 11.8. The lowest BCUT2D eigenvalue weighted by molar-refractivity contribution is 0.613. The molecule has 0 spiro atoms. The maximum absolute atomic E-state index is 14.3. The van der Waals surface area contributed by atoms with Gasteiger partial charge in [0.1, 0.15) is 11.6 Å². The highest BCUT2D eigenvalue weighted by atomic mass is 79.9. The number of imidazole rings is 1. The second kappa shape index (κ2) is 5.15. The molecule has 1 aromatic heterocycles. The molecule has 0 aliphatic heterocycles. The molecule has 0 radical (unpaired) electrons. The Hall–Kier alpha value is -1.88. The summed E-state index contributed by atoms with van der Waals surface area (Å²) in [6.07, 6.45) is 0. The van der Waals surface area contributed by atoms with Crippen molar-refractivity contribution >= 4 is 32.7 Å². The van der Waals surface area contributed by atoms with E-state index in [9.17, 15) is 4.39 Å². The summed E-state index contributed by atoms with van der Waals surface area (Å²) in [5.41, 5.74) is 8.59. The van der Waals surface area contributed by atoms with Crippen LogP contribution in [0.5, 0.6) is 0 Å². The number of rotatable bonds is 2. The van der Waals surface area contributed by atoms with Crippen LogP contribution in [0, 0.1) is 5.82 Å². The van der Waals surface area contributed by atoms with Gasteiger partial charge in [-0.3, -0.25) is 4.57 Å². The minimum absolute atomic E-state index is 0.164. The normalized spacial score (nSPS) is 11.5. The maximum Gasteiger partial charge on any atom is 0.147 e. The van der Waals surface area contributed by atoms with Gasteiger partial charge in [0.2, 0.25) is 0 Å². The lowest BCUT2D eigenvalue weighted by Crippen LogP contribution is -2.05. The van der Waals surface area contributed by atoms with Gasteiger partial charge in [0.15, 0.2) is 0 Å². The average Bonchev–Trinajstić information content (AvgIpc) is 2.80. The van der Waals surface area contributed by atoms with Crippen LogP contribution in [0.15, 0.2) is 40.9 Å². The number of benzene rings is 2. The van der Waals surface area contributed by atoms with E-state index in [1.807, 2.05) is 30.5 Å². The van der Waals surface area contributed by atoms with Crippen molar-refractivity contribution in [1.82, 2.24) is 9.55 Å². The molecule has 0 aliphatic carbocycles. The van der Waals surface area contributed by atoms with Crippen LogP contribution >= 0.6 is 15.9 Å². The second-order valence-corrected chi connectivity index (χ2v) is 6.22. The lowest BCUT2D eigenvalue weighted by atomic mass is 10.2. The number of fused-ring (bicyclic) bond motifs is 1. The molecule has 0 fully saturated rings. The first-order valence-electron chi connectivity index (χ1n) is 6.70. The Bertz CT molecular complexity index is 824. The van der Waals surface area contributed by atoms with Crippen LogP contribution in [-0.2, 0) is 0 Å². The highest BCUT2D eigenvalue weighted by Crippen LogP contribution is 2.29. The topological polar surface area (TPSA) is 43.8 Å². The van der Waals surface area contributed by atoms with E-state index in [-0.39, 0.29) is 11.7 Å². The van der Waals surface area contributed by atoms with Crippen molar-refractivity contribution in [2.24, 2.45) is 0 Å². The predicted octanol–water partition coefficient (Wildman–Crippen LogP) is 4.63. The Labute approximate surface area is 130 Å². The van der Waals surface area contributed by atoms with Gasteiger partial charge in [0.25, 0.3) is 0 Å². The summed E-state index contributed by atoms with van der Waals surface area (Å²) in [4.78, 5) is 4.62. The van der Waals surface area contributed by atoms with E-state index < -0.39 is 0 Å². The molecule has 3 nitrogen and oxygen atoms in total. The molecular formula is C16H15BrFN3. The van der Waals surface area contributed by atoms with Crippen LogP contribution in [0.3, 0.4) is 0 Å². The molecule has 108 valence electrons. The Morgan fingerprint density at radius 1 is 1.19 bits per heavy atom. The summed E-state index contributed by atoms with van der Waals surface area (Å²) in [7, 11) is 0. The van der Waals surface area contributed by atoms with Gasteiger partial charge in [-0.1, -0.05) is 29.8 Å². The number of nitrogens with zero attached hydrogens (tertiary/aromatic N) is 2. The summed E-state index contributed by atoms with van der Waals surface area (Å²) in [5, 5.41) is 0. The lowest BCUT2D eigenvalue weighted by Gasteiger charge is -2.13. The van der Waals surface area contributed by atoms with Crippen LogP contribution in [-0.4, -0.2) is 9.55 Å². The SMILES string of the molecule is CC(C)c1nc2cc(N)ccc2n1-c1cc(Br)ccc1F. The third kappa shape index (κ3) is 2.42. The molecule has 0 aliphatic rings. The summed E-state index contributed by atoms with van der Waals surface area (Å²) < 4.78 is 17.0. The first-order valence-corrected chi connectivity index (χ1v) is 7.50. The molecule has 3 aromatic rings. The fourth-order valence-electron chi connectivity index (χ4n) is 2.41. The summed E-state index contributed by atoms with van der Waals surface area (Å²) >= 11 is 3.40. The number of hydrogen-bond donors (Lipinski definition) is 1. The van der Waals surface area contributed by atoms with Crippen LogP contribution in [0.2, 0.25) is 0 Å². The van der Waals surface area contributed by atoms with Crippen LogP contribution in [0.4, 0.5) is 10.1 Å². The van der Waals surface area contributed by atoms with E-state index >= 15 is 0 Å². The van der Waals surface area contributed by atoms with Gasteiger partial charge in [-0.15, -0.1) is 0 Å². The van der Waals surface area contributed by atoms with Crippen LogP contribution in [0.25, 0.3) is 16.7 Å². The molecule has 3 rings (SSSR count). The van der Waals surface area contributed by atoms with Gasteiger partial charge in [-0.05, 0) is 36.4 Å². The van der Waals surface area contributed by atoms with E-state index in [1.54, 1.807) is 18.2 Å². The highest BCUT2D eigenvalue weighted by Gasteiger charge is 2.18. The smallest absolute Gasteiger partial charge is 0.147 e. The van der Waals surface area contributed by atoms with E-state index in [0.29, 0.717) is 11.4 Å².